The van der Waals surface area contributed by atoms with E-state index >= 15 is 0 Å². The number of aromatic nitrogens is 1. The summed E-state index contributed by atoms with van der Waals surface area (Å²) in [6.07, 6.45) is 1.46. The van der Waals surface area contributed by atoms with Crippen molar-refractivity contribution in [3.8, 4) is 0 Å². The molecule has 0 saturated carbocycles. The van der Waals surface area contributed by atoms with E-state index in [1.807, 2.05) is 19.1 Å². The zero-order valence-corrected chi connectivity index (χ0v) is 17.2. The highest BCUT2D eigenvalue weighted by Crippen LogP contribution is 2.41. The molecule has 2 aromatic heterocycles. The normalized spacial score (nSPS) is 15.6. The number of halogens is 2. The van der Waals surface area contributed by atoms with E-state index in [4.69, 9.17) is 27.6 Å². The van der Waals surface area contributed by atoms with Gasteiger partial charge in [0.2, 0.25) is 5.76 Å². The Morgan fingerprint density at radius 2 is 1.83 bits per heavy atom. The molecule has 1 aliphatic rings. The van der Waals surface area contributed by atoms with Gasteiger partial charge in [0.15, 0.2) is 5.43 Å². The molecular formula is C23H14Cl2N2O3. The zero-order valence-electron chi connectivity index (χ0n) is 15.7. The summed E-state index contributed by atoms with van der Waals surface area (Å²) in [5, 5.41) is 1.37. The van der Waals surface area contributed by atoms with Gasteiger partial charge >= 0.3 is 0 Å². The molecule has 1 atom stereocenters. The van der Waals surface area contributed by atoms with Crippen LogP contribution in [-0.2, 0) is 0 Å². The minimum Gasteiger partial charge on any atom is -0.450 e. The van der Waals surface area contributed by atoms with Gasteiger partial charge < -0.3 is 4.42 Å². The number of benzene rings is 2. The highest BCUT2D eigenvalue weighted by molar-refractivity contribution is 6.31. The number of hydrogen-bond donors (Lipinski definition) is 0. The second-order valence-electron chi connectivity index (χ2n) is 7.14. The highest BCUT2D eigenvalue weighted by atomic mass is 35.5. The highest BCUT2D eigenvalue weighted by Gasteiger charge is 2.44. The van der Waals surface area contributed by atoms with E-state index in [0.717, 1.165) is 5.56 Å². The maximum Gasteiger partial charge on any atom is 0.296 e. The van der Waals surface area contributed by atoms with Gasteiger partial charge in [0.05, 0.1) is 22.0 Å². The Balaban J connectivity index is 1.83. The van der Waals surface area contributed by atoms with Crippen molar-refractivity contribution >= 4 is 45.9 Å². The van der Waals surface area contributed by atoms with Crippen molar-refractivity contribution in [3.05, 3.63) is 104 Å². The van der Waals surface area contributed by atoms with Crippen molar-refractivity contribution < 1.29 is 9.21 Å². The maximum absolute atomic E-state index is 13.5. The lowest BCUT2D eigenvalue weighted by Gasteiger charge is -2.24. The average molecular weight is 437 g/mol. The molecule has 0 N–H and O–H groups in total. The summed E-state index contributed by atoms with van der Waals surface area (Å²) < 4.78 is 5.93. The third-order valence-electron chi connectivity index (χ3n) is 5.15. The van der Waals surface area contributed by atoms with Gasteiger partial charge in [-0.1, -0.05) is 47.0 Å². The molecule has 0 fully saturated rings. The number of anilines is 1. The van der Waals surface area contributed by atoms with Crippen LogP contribution in [0, 0.1) is 6.92 Å². The number of rotatable bonds is 2. The van der Waals surface area contributed by atoms with Gasteiger partial charge in [0, 0.05) is 11.2 Å². The fourth-order valence-corrected chi connectivity index (χ4v) is 4.14. The predicted molar refractivity (Wildman–Crippen MR) is 117 cm³/mol. The first kappa shape index (κ1) is 18.9. The lowest BCUT2D eigenvalue weighted by Crippen LogP contribution is -2.30. The van der Waals surface area contributed by atoms with Gasteiger partial charge in [-0.25, -0.2) is 4.98 Å². The van der Waals surface area contributed by atoms with E-state index in [2.05, 4.69) is 4.98 Å². The lowest BCUT2D eigenvalue weighted by atomic mass is 9.98. The Labute approximate surface area is 181 Å². The number of pyridine rings is 1. The largest absolute Gasteiger partial charge is 0.450 e. The Kier molecular flexibility index (Phi) is 4.38. The molecule has 0 radical (unpaired) electrons. The second-order valence-corrected chi connectivity index (χ2v) is 8.01. The molecular weight excluding hydrogens is 423 g/mol. The maximum atomic E-state index is 13.5. The Bertz CT molecular complexity index is 1380. The topological polar surface area (TPSA) is 63.4 Å². The Hall–Kier alpha value is -3.15. The lowest BCUT2D eigenvalue weighted by molar-refractivity contribution is 0.0970. The number of carbonyl (C=O) groups is 1. The van der Waals surface area contributed by atoms with E-state index in [1.165, 1.54) is 11.1 Å². The number of nitrogens with zero attached hydrogens (tertiary/aromatic N) is 2. The molecule has 1 amide bonds. The molecule has 0 saturated heterocycles. The van der Waals surface area contributed by atoms with Gasteiger partial charge in [-0.15, -0.1) is 0 Å². The van der Waals surface area contributed by atoms with Gasteiger partial charge in [-0.05, 0) is 48.9 Å². The molecule has 0 spiro atoms. The SMILES string of the molecule is Cc1ccc2oc3c(c(=O)c2c1)C(c1cccc(Cl)c1)N(c1ccc(Cl)cn1)C3=O. The van der Waals surface area contributed by atoms with Gasteiger partial charge in [0.25, 0.3) is 5.91 Å². The number of hydrogen-bond acceptors (Lipinski definition) is 4. The van der Waals surface area contributed by atoms with Crippen LogP contribution in [0.25, 0.3) is 11.0 Å². The molecule has 0 bridgehead atoms. The summed E-state index contributed by atoms with van der Waals surface area (Å²) >= 11 is 12.2. The summed E-state index contributed by atoms with van der Waals surface area (Å²) in [7, 11) is 0. The molecule has 1 aliphatic heterocycles. The summed E-state index contributed by atoms with van der Waals surface area (Å²) in [6.45, 7) is 1.90. The van der Waals surface area contributed by atoms with E-state index in [-0.39, 0.29) is 16.8 Å². The van der Waals surface area contributed by atoms with Crippen molar-refractivity contribution in [3.63, 3.8) is 0 Å². The fraction of sp³-hybridized carbons (Fsp3) is 0.0870. The van der Waals surface area contributed by atoms with Crippen LogP contribution in [0.5, 0.6) is 0 Å². The monoisotopic (exact) mass is 436 g/mol. The van der Waals surface area contributed by atoms with Gasteiger partial charge in [-0.3, -0.25) is 14.5 Å². The van der Waals surface area contributed by atoms with Crippen molar-refractivity contribution in [2.45, 2.75) is 13.0 Å². The first-order valence-corrected chi connectivity index (χ1v) is 9.97. The van der Waals surface area contributed by atoms with Crippen LogP contribution in [0.3, 0.4) is 0 Å². The summed E-state index contributed by atoms with van der Waals surface area (Å²) in [5.74, 6) is -0.0668. The Morgan fingerprint density at radius 1 is 1.00 bits per heavy atom. The predicted octanol–water partition coefficient (Wildman–Crippen LogP) is 5.55. The van der Waals surface area contributed by atoms with Crippen LogP contribution in [-0.4, -0.2) is 10.9 Å². The van der Waals surface area contributed by atoms with E-state index in [9.17, 15) is 9.59 Å². The molecule has 3 heterocycles. The van der Waals surface area contributed by atoms with Crippen LogP contribution >= 0.6 is 23.2 Å². The van der Waals surface area contributed by atoms with E-state index < -0.39 is 11.9 Å². The molecule has 1 unspecified atom stereocenters. The van der Waals surface area contributed by atoms with Gasteiger partial charge in [-0.2, -0.15) is 0 Å². The molecule has 30 heavy (non-hydrogen) atoms. The first-order chi connectivity index (χ1) is 14.4. The van der Waals surface area contributed by atoms with Crippen LogP contribution < -0.4 is 10.3 Å². The average Bonchev–Trinajstić information content (AvgIpc) is 3.02. The third kappa shape index (κ3) is 2.90. The molecule has 2 aromatic carbocycles. The number of carbonyl (C=O) groups excluding carboxylic acids is 1. The minimum atomic E-state index is -0.721. The summed E-state index contributed by atoms with van der Waals surface area (Å²) in [4.78, 5) is 32.7. The third-order valence-corrected chi connectivity index (χ3v) is 5.61. The van der Waals surface area contributed by atoms with E-state index in [0.29, 0.717) is 32.4 Å². The molecule has 7 heteroatoms. The van der Waals surface area contributed by atoms with Crippen LogP contribution in [0.2, 0.25) is 10.0 Å². The smallest absolute Gasteiger partial charge is 0.296 e. The van der Waals surface area contributed by atoms with Crippen LogP contribution in [0.1, 0.15) is 33.3 Å². The van der Waals surface area contributed by atoms with Crippen LogP contribution in [0.4, 0.5) is 5.82 Å². The standard InChI is InChI=1S/C23H14Cl2N2O3/c1-12-5-7-17-16(9-12)21(28)19-20(13-3-2-4-14(24)10-13)27(23(29)22(19)30-17)18-8-6-15(25)11-26-18/h2-11,20H,1H3. The molecule has 5 rings (SSSR count). The molecule has 4 aromatic rings. The quantitative estimate of drug-likeness (QED) is 0.412. The number of amides is 1. The van der Waals surface area contributed by atoms with Crippen LogP contribution in [0.15, 0.2) is 70.0 Å². The Morgan fingerprint density at radius 3 is 2.57 bits per heavy atom. The number of fused-ring (bicyclic) bond motifs is 2. The summed E-state index contributed by atoms with van der Waals surface area (Å²) in [6, 6.07) is 14.9. The number of aryl methyl sites for hydroxylation is 1. The minimum absolute atomic E-state index is 0.0121. The summed E-state index contributed by atoms with van der Waals surface area (Å²) in [5.41, 5.74) is 2.01. The van der Waals surface area contributed by atoms with Crippen molar-refractivity contribution in [1.82, 2.24) is 4.98 Å². The molecule has 0 aliphatic carbocycles. The molecule has 5 nitrogen and oxygen atoms in total. The molecule has 148 valence electrons. The second kappa shape index (κ2) is 6.97. The zero-order chi connectivity index (χ0) is 21.0. The van der Waals surface area contributed by atoms with Crippen molar-refractivity contribution in [1.29, 1.82) is 0 Å². The van der Waals surface area contributed by atoms with E-state index in [1.54, 1.807) is 42.5 Å². The van der Waals surface area contributed by atoms with Crippen molar-refractivity contribution in [2.75, 3.05) is 4.90 Å². The van der Waals surface area contributed by atoms with Gasteiger partial charge in [0.1, 0.15) is 11.4 Å². The fourth-order valence-electron chi connectivity index (χ4n) is 3.83. The van der Waals surface area contributed by atoms with Crippen molar-refractivity contribution in [2.24, 2.45) is 0 Å². The first-order valence-electron chi connectivity index (χ1n) is 9.22.